The number of hydrogen-bond acceptors (Lipinski definition) is 4. The van der Waals surface area contributed by atoms with Crippen molar-refractivity contribution in [3.63, 3.8) is 0 Å². The minimum atomic E-state index is -0.0764. The van der Waals surface area contributed by atoms with E-state index in [2.05, 4.69) is 15.5 Å². The second-order valence-corrected chi connectivity index (χ2v) is 8.70. The van der Waals surface area contributed by atoms with Gasteiger partial charge in [0.05, 0.1) is 0 Å². The minimum Gasteiger partial charge on any atom is -0.348 e. The zero-order chi connectivity index (χ0) is 19.5. The number of carbonyl (C=O) groups excluding carboxylic acids is 2. The van der Waals surface area contributed by atoms with E-state index in [-0.39, 0.29) is 17.9 Å². The van der Waals surface area contributed by atoms with Crippen molar-refractivity contribution in [3.05, 3.63) is 54.1 Å². The molecule has 2 aromatic rings. The Hall–Kier alpha value is -2.31. The van der Waals surface area contributed by atoms with Crippen LogP contribution in [0, 0.1) is 5.92 Å². The summed E-state index contributed by atoms with van der Waals surface area (Å²) in [6, 6.07) is 15.8. The van der Waals surface area contributed by atoms with Crippen LogP contribution in [-0.4, -0.2) is 42.4 Å². The summed E-state index contributed by atoms with van der Waals surface area (Å²) in [7, 11) is 0. The first-order valence-corrected chi connectivity index (χ1v) is 10.6. The second kappa shape index (κ2) is 8.37. The highest BCUT2D eigenvalue weighted by Crippen LogP contribution is 2.30. The molecule has 2 aromatic carbocycles. The van der Waals surface area contributed by atoms with Crippen LogP contribution in [0.4, 0.5) is 5.69 Å². The Balaban J connectivity index is 1.34. The number of carbonyl (C=O) groups is 2. The van der Waals surface area contributed by atoms with Gasteiger partial charge in [0.25, 0.3) is 5.91 Å². The molecule has 5 nitrogen and oxygen atoms in total. The Labute approximate surface area is 169 Å². The SMILES string of the molecule is CC(=O)Nc1ccc(Sc2ccc(C(=O)N[C@H]3CN4CCC3CC4)cc2)cc1. The molecule has 5 rings (SSSR count). The number of rotatable bonds is 5. The second-order valence-electron chi connectivity index (χ2n) is 7.55. The summed E-state index contributed by atoms with van der Waals surface area (Å²) in [5.74, 6) is 0.576. The first-order chi connectivity index (χ1) is 13.6. The molecular weight excluding hydrogens is 370 g/mol. The predicted octanol–water partition coefficient (Wildman–Crippen LogP) is 3.62. The van der Waals surface area contributed by atoms with Crippen molar-refractivity contribution in [1.82, 2.24) is 10.2 Å². The van der Waals surface area contributed by atoms with Crippen LogP contribution in [0.25, 0.3) is 0 Å². The summed E-state index contributed by atoms with van der Waals surface area (Å²) in [5, 5.41) is 6.00. The van der Waals surface area contributed by atoms with E-state index >= 15 is 0 Å². The molecule has 2 amide bonds. The van der Waals surface area contributed by atoms with Crippen molar-refractivity contribution >= 4 is 29.3 Å². The molecule has 0 spiro atoms. The average Bonchev–Trinajstić information content (AvgIpc) is 2.70. The molecule has 6 heteroatoms. The molecule has 0 unspecified atom stereocenters. The zero-order valence-electron chi connectivity index (χ0n) is 16.0. The first kappa shape index (κ1) is 19.0. The molecule has 0 aromatic heterocycles. The lowest BCUT2D eigenvalue weighted by molar-refractivity contribution is -0.114. The van der Waals surface area contributed by atoms with Gasteiger partial charge in [-0.1, -0.05) is 11.8 Å². The molecule has 2 bridgehead atoms. The van der Waals surface area contributed by atoms with Gasteiger partial charge < -0.3 is 15.5 Å². The van der Waals surface area contributed by atoms with Crippen LogP contribution in [0.2, 0.25) is 0 Å². The number of fused-ring (bicyclic) bond motifs is 3. The molecule has 146 valence electrons. The summed E-state index contributed by atoms with van der Waals surface area (Å²) >= 11 is 1.63. The number of piperidine rings is 3. The van der Waals surface area contributed by atoms with Crippen LogP contribution in [0.5, 0.6) is 0 Å². The minimum absolute atomic E-state index is 0.0231. The van der Waals surface area contributed by atoms with E-state index in [0.717, 1.165) is 22.0 Å². The smallest absolute Gasteiger partial charge is 0.251 e. The zero-order valence-corrected chi connectivity index (χ0v) is 16.8. The van der Waals surface area contributed by atoms with Crippen molar-refractivity contribution in [2.75, 3.05) is 25.0 Å². The topological polar surface area (TPSA) is 61.4 Å². The number of nitrogens with one attached hydrogen (secondary N) is 2. The molecule has 3 aliphatic heterocycles. The number of nitrogens with zero attached hydrogens (tertiary/aromatic N) is 1. The van der Waals surface area contributed by atoms with Crippen molar-refractivity contribution in [3.8, 4) is 0 Å². The maximum Gasteiger partial charge on any atom is 0.251 e. The van der Waals surface area contributed by atoms with Gasteiger partial charge in [0.1, 0.15) is 0 Å². The molecule has 0 saturated carbocycles. The molecular formula is C22H25N3O2S. The number of amides is 2. The van der Waals surface area contributed by atoms with Gasteiger partial charge in [-0.2, -0.15) is 0 Å². The van der Waals surface area contributed by atoms with Gasteiger partial charge in [0.15, 0.2) is 0 Å². The Morgan fingerprint density at radius 3 is 2.11 bits per heavy atom. The third-order valence-electron chi connectivity index (χ3n) is 5.50. The van der Waals surface area contributed by atoms with Crippen molar-refractivity contribution < 1.29 is 9.59 Å². The largest absolute Gasteiger partial charge is 0.348 e. The highest BCUT2D eigenvalue weighted by Gasteiger charge is 2.34. The Morgan fingerprint density at radius 1 is 0.964 bits per heavy atom. The Bertz CT molecular complexity index is 843. The van der Waals surface area contributed by atoms with Crippen molar-refractivity contribution in [2.45, 2.75) is 35.6 Å². The summed E-state index contributed by atoms with van der Waals surface area (Å²) in [6.45, 7) is 4.83. The average molecular weight is 396 g/mol. The molecule has 1 atom stereocenters. The maximum atomic E-state index is 12.6. The van der Waals surface area contributed by atoms with Gasteiger partial charge in [0, 0.05) is 40.6 Å². The van der Waals surface area contributed by atoms with Crippen LogP contribution in [0.1, 0.15) is 30.1 Å². The summed E-state index contributed by atoms with van der Waals surface area (Å²) < 4.78 is 0. The van der Waals surface area contributed by atoms with Crippen molar-refractivity contribution in [2.24, 2.45) is 5.92 Å². The Morgan fingerprint density at radius 2 is 1.57 bits per heavy atom. The lowest BCUT2D eigenvalue weighted by atomic mass is 9.84. The van der Waals surface area contributed by atoms with E-state index in [1.807, 2.05) is 48.5 Å². The highest BCUT2D eigenvalue weighted by molar-refractivity contribution is 7.99. The van der Waals surface area contributed by atoms with Gasteiger partial charge in [-0.25, -0.2) is 0 Å². The standard InChI is InChI=1S/C22H25N3O2S/c1-15(26)23-18-4-8-20(9-5-18)28-19-6-2-17(3-7-19)22(27)24-21-14-25-12-10-16(21)11-13-25/h2-9,16,21H,10-14H2,1H3,(H,23,26)(H,24,27)/t21-/m0/s1. The molecule has 3 heterocycles. The highest BCUT2D eigenvalue weighted by atomic mass is 32.2. The lowest BCUT2D eigenvalue weighted by Gasteiger charge is -2.44. The number of benzene rings is 2. The molecule has 0 aliphatic carbocycles. The van der Waals surface area contributed by atoms with Crippen LogP contribution >= 0.6 is 11.8 Å². The molecule has 2 N–H and O–H groups in total. The first-order valence-electron chi connectivity index (χ1n) is 9.75. The third-order valence-corrected chi connectivity index (χ3v) is 6.52. The fraction of sp³-hybridized carbons (Fsp3) is 0.364. The quantitative estimate of drug-likeness (QED) is 0.812. The Kier molecular flexibility index (Phi) is 5.69. The van der Waals surface area contributed by atoms with Gasteiger partial charge in [-0.05, 0) is 80.4 Å². The van der Waals surface area contributed by atoms with Gasteiger partial charge in [-0.3, -0.25) is 9.59 Å². The third kappa shape index (κ3) is 4.56. The van der Waals surface area contributed by atoms with E-state index in [9.17, 15) is 9.59 Å². The summed E-state index contributed by atoms with van der Waals surface area (Å²) in [6.07, 6.45) is 2.39. The van der Waals surface area contributed by atoms with Crippen LogP contribution in [0.3, 0.4) is 0 Å². The lowest BCUT2D eigenvalue weighted by Crippen LogP contribution is -2.57. The van der Waals surface area contributed by atoms with Crippen LogP contribution in [-0.2, 0) is 4.79 Å². The van der Waals surface area contributed by atoms with Gasteiger partial charge in [0.2, 0.25) is 5.91 Å². The maximum absolute atomic E-state index is 12.6. The van der Waals surface area contributed by atoms with Crippen LogP contribution < -0.4 is 10.6 Å². The van der Waals surface area contributed by atoms with E-state index in [4.69, 9.17) is 0 Å². The van der Waals surface area contributed by atoms with E-state index < -0.39 is 0 Å². The molecule has 3 fully saturated rings. The predicted molar refractivity (Wildman–Crippen MR) is 112 cm³/mol. The molecule has 3 aliphatic rings. The fourth-order valence-corrected chi connectivity index (χ4v) is 4.82. The van der Waals surface area contributed by atoms with E-state index in [1.54, 1.807) is 11.8 Å². The van der Waals surface area contributed by atoms with Crippen LogP contribution in [0.15, 0.2) is 58.3 Å². The van der Waals surface area contributed by atoms with E-state index in [0.29, 0.717) is 11.5 Å². The monoisotopic (exact) mass is 395 g/mol. The number of anilines is 1. The molecule has 0 radical (unpaired) electrons. The van der Waals surface area contributed by atoms with Gasteiger partial charge >= 0.3 is 0 Å². The summed E-state index contributed by atoms with van der Waals surface area (Å²) in [5.41, 5.74) is 1.50. The van der Waals surface area contributed by atoms with Gasteiger partial charge in [-0.15, -0.1) is 0 Å². The van der Waals surface area contributed by atoms with E-state index in [1.165, 1.54) is 32.9 Å². The molecule has 3 saturated heterocycles. The molecule has 28 heavy (non-hydrogen) atoms. The fourth-order valence-electron chi connectivity index (χ4n) is 4.00. The number of hydrogen-bond donors (Lipinski definition) is 2. The van der Waals surface area contributed by atoms with Crippen molar-refractivity contribution in [1.29, 1.82) is 0 Å². The summed E-state index contributed by atoms with van der Waals surface area (Å²) in [4.78, 5) is 28.3. The normalized spacial score (nSPS) is 23.2.